The number of nitrogens with zero attached hydrogens (tertiary/aromatic N) is 2. The zero-order valence-electron chi connectivity index (χ0n) is 12.5. The number of hydrogen-bond donors (Lipinski definition) is 0. The van der Waals surface area contributed by atoms with Crippen molar-refractivity contribution >= 4 is 38.4 Å². The largest absolute Gasteiger partial charge is 0.313 e. The number of amidine groups is 1. The molecule has 0 radical (unpaired) electrons. The zero-order chi connectivity index (χ0) is 17.1. The molecule has 3 fully saturated rings. The number of benzene rings is 1. The second-order valence-electron chi connectivity index (χ2n) is 6.27. The quantitative estimate of drug-likeness (QED) is 0.794. The summed E-state index contributed by atoms with van der Waals surface area (Å²) in [4.78, 5) is 17.6. The minimum atomic E-state index is -3.22. The van der Waals surface area contributed by atoms with Crippen molar-refractivity contribution in [2.24, 2.45) is 10.9 Å². The average Bonchev–Trinajstić information content (AvgIpc) is 3.22. The molecule has 1 aromatic rings. The van der Waals surface area contributed by atoms with Gasteiger partial charge < -0.3 is 4.90 Å². The number of carbonyl (C=O) groups is 1. The van der Waals surface area contributed by atoms with Gasteiger partial charge in [-0.05, 0) is 25.0 Å². The summed E-state index contributed by atoms with van der Waals surface area (Å²) in [6, 6.07) is 2.62. The molecule has 24 heavy (non-hydrogen) atoms. The lowest BCUT2D eigenvalue weighted by Gasteiger charge is -2.24. The van der Waals surface area contributed by atoms with Gasteiger partial charge in [-0.1, -0.05) is 11.8 Å². The van der Waals surface area contributed by atoms with Crippen LogP contribution in [0.2, 0.25) is 0 Å². The van der Waals surface area contributed by atoms with E-state index in [-0.39, 0.29) is 34.3 Å². The fourth-order valence-corrected chi connectivity index (χ4v) is 6.95. The molecule has 1 amide bonds. The summed E-state index contributed by atoms with van der Waals surface area (Å²) >= 11 is 1.19. The van der Waals surface area contributed by atoms with E-state index in [0.29, 0.717) is 5.17 Å². The maximum atomic E-state index is 14.3. The summed E-state index contributed by atoms with van der Waals surface area (Å²) in [6.07, 6.45) is 1.60. The Balaban J connectivity index is 1.76. The van der Waals surface area contributed by atoms with Crippen LogP contribution < -0.4 is 4.90 Å². The van der Waals surface area contributed by atoms with Crippen molar-refractivity contribution < 1.29 is 22.0 Å². The highest BCUT2D eigenvalue weighted by Crippen LogP contribution is 2.42. The Hall–Kier alpha value is -1.48. The van der Waals surface area contributed by atoms with Gasteiger partial charge in [0.15, 0.2) is 15.0 Å². The first-order chi connectivity index (χ1) is 11.3. The van der Waals surface area contributed by atoms with E-state index in [4.69, 9.17) is 0 Å². The number of rotatable bonds is 2. The maximum absolute atomic E-state index is 14.3. The third kappa shape index (κ3) is 2.83. The van der Waals surface area contributed by atoms with E-state index in [1.807, 2.05) is 0 Å². The Morgan fingerprint density at radius 3 is 2.67 bits per heavy atom. The molecule has 1 saturated carbocycles. The van der Waals surface area contributed by atoms with Crippen LogP contribution in [-0.4, -0.2) is 42.3 Å². The molecule has 0 spiro atoms. The lowest BCUT2D eigenvalue weighted by molar-refractivity contribution is -0.118. The second-order valence-corrected chi connectivity index (χ2v) is 9.63. The average molecular weight is 372 g/mol. The molecule has 5 nitrogen and oxygen atoms in total. The van der Waals surface area contributed by atoms with E-state index >= 15 is 0 Å². The molecule has 0 bridgehead atoms. The van der Waals surface area contributed by atoms with Gasteiger partial charge in [0.05, 0.1) is 23.2 Å². The van der Waals surface area contributed by atoms with Crippen LogP contribution in [0.5, 0.6) is 0 Å². The van der Waals surface area contributed by atoms with Crippen LogP contribution in [0.15, 0.2) is 23.2 Å². The highest BCUT2D eigenvalue weighted by atomic mass is 32.2. The first-order valence-corrected chi connectivity index (χ1v) is 10.3. The highest BCUT2D eigenvalue weighted by Gasteiger charge is 2.50. The Kier molecular flexibility index (Phi) is 3.68. The summed E-state index contributed by atoms with van der Waals surface area (Å²) in [5.41, 5.74) is 0.0517. The van der Waals surface area contributed by atoms with Crippen molar-refractivity contribution in [3.8, 4) is 0 Å². The van der Waals surface area contributed by atoms with E-state index < -0.39 is 27.5 Å². The third-order valence-corrected chi connectivity index (χ3v) is 7.58. The lowest BCUT2D eigenvalue weighted by atomic mass is 10.2. The van der Waals surface area contributed by atoms with Crippen molar-refractivity contribution in [2.45, 2.75) is 24.1 Å². The number of anilines is 1. The molecule has 1 aromatic carbocycles. The van der Waals surface area contributed by atoms with Crippen molar-refractivity contribution in [3.63, 3.8) is 0 Å². The first-order valence-electron chi connectivity index (χ1n) is 7.58. The Labute approximate surface area is 142 Å². The molecule has 1 aliphatic carbocycles. The predicted octanol–water partition coefficient (Wildman–Crippen LogP) is 1.98. The van der Waals surface area contributed by atoms with E-state index in [1.54, 1.807) is 0 Å². The van der Waals surface area contributed by atoms with Gasteiger partial charge in [-0.25, -0.2) is 17.2 Å². The topological polar surface area (TPSA) is 66.8 Å². The number of aliphatic imine (C=N–C) groups is 1. The van der Waals surface area contributed by atoms with Crippen molar-refractivity contribution in [1.82, 2.24) is 0 Å². The van der Waals surface area contributed by atoms with E-state index in [0.717, 1.165) is 25.0 Å². The van der Waals surface area contributed by atoms with Crippen LogP contribution >= 0.6 is 11.8 Å². The summed E-state index contributed by atoms with van der Waals surface area (Å²) in [6.45, 7) is 0. The predicted molar refractivity (Wildman–Crippen MR) is 87.8 cm³/mol. The lowest BCUT2D eigenvalue weighted by Crippen LogP contribution is -2.38. The van der Waals surface area contributed by atoms with Gasteiger partial charge >= 0.3 is 0 Å². The van der Waals surface area contributed by atoms with E-state index in [2.05, 4.69) is 4.99 Å². The highest BCUT2D eigenvalue weighted by molar-refractivity contribution is 8.16. The molecule has 9 heteroatoms. The molecule has 2 heterocycles. The molecule has 3 aliphatic rings. The van der Waals surface area contributed by atoms with E-state index in [9.17, 15) is 22.0 Å². The van der Waals surface area contributed by atoms with Crippen LogP contribution in [0.1, 0.15) is 12.8 Å². The number of hydrogen-bond acceptors (Lipinski definition) is 4. The number of fused-ring (bicyclic) bond motifs is 1. The van der Waals surface area contributed by atoms with Gasteiger partial charge in [0.25, 0.3) is 5.91 Å². The molecule has 4 rings (SSSR count). The van der Waals surface area contributed by atoms with Crippen molar-refractivity contribution in [2.75, 3.05) is 16.4 Å². The third-order valence-electron chi connectivity index (χ3n) is 4.37. The molecule has 2 saturated heterocycles. The van der Waals surface area contributed by atoms with Gasteiger partial charge in [0.1, 0.15) is 11.6 Å². The fourth-order valence-electron chi connectivity index (χ4n) is 3.04. The summed E-state index contributed by atoms with van der Waals surface area (Å²) < 4.78 is 51.3. The van der Waals surface area contributed by atoms with Crippen molar-refractivity contribution in [1.29, 1.82) is 0 Å². The van der Waals surface area contributed by atoms with Gasteiger partial charge in [0.2, 0.25) is 0 Å². The maximum Gasteiger partial charge on any atom is 0.251 e. The summed E-state index contributed by atoms with van der Waals surface area (Å²) in [7, 11) is -3.22. The van der Waals surface area contributed by atoms with Crippen LogP contribution in [0.25, 0.3) is 0 Å². The minimum Gasteiger partial charge on any atom is -0.313 e. The van der Waals surface area contributed by atoms with Gasteiger partial charge in [-0.15, -0.1) is 0 Å². The molecular formula is C15H14F2N2O3S2. The normalized spacial score (nSPS) is 29.9. The standard InChI is InChI=1S/C15H14F2N2O3S2/c16-9-3-4-11(10(17)5-9)19-12-6-24(21,22)7-13(12)23-15(19)18-14(20)8-1-2-8/h3-5,8,12-13H,1-2,6-7H2/t12-,13-/m0/s1. The second kappa shape index (κ2) is 5.52. The Morgan fingerprint density at radius 1 is 1.25 bits per heavy atom. The molecule has 128 valence electrons. The van der Waals surface area contributed by atoms with Crippen LogP contribution in [0.4, 0.5) is 14.5 Å². The summed E-state index contributed by atoms with van der Waals surface area (Å²) in [5, 5.41) is 0.00696. The van der Waals surface area contributed by atoms with Crippen LogP contribution in [0.3, 0.4) is 0 Å². The van der Waals surface area contributed by atoms with Gasteiger partial charge in [-0.2, -0.15) is 4.99 Å². The van der Waals surface area contributed by atoms with Gasteiger partial charge in [0, 0.05) is 17.2 Å². The molecule has 0 unspecified atom stereocenters. The number of amides is 1. The monoisotopic (exact) mass is 372 g/mol. The van der Waals surface area contributed by atoms with Gasteiger partial charge in [-0.3, -0.25) is 4.79 Å². The molecule has 2 atom stereocenters. The number of thioether (sulfide) groups is 1. The van der Waals surface area contributed by atoms with Crippen molar-refractivity contribution in [3.05, 3.63) is 29.8 Å². The molecule has 0 aromatic heterocycles. The zero-order valence-corrected chi connectivity index (χ0v) is 14.1. The fraction of sp³-hybridized carbons (Fsp3) is 0.467. The molecule has 2 aliphatic heterocycles. The number of carbonyl (C=O) groups excluding carboxylic acids is 1. The number of halogens is 2. The first kappa shape index (κ1) is 16.0. The number of sulfone groups is 1. The Morgan fingerprint density at radius 2 is 2.00 bits per heavy atom. The minimum absolute atomic E-state index is 0.0295. The molecule has 0 N–H and O–H groups in total. The Bertz CT molecular complexity index is 852. The SMILES string of the molecule is O=C(N=C1S[C@H]2CS(=O)(=O)C[C@@H]2N1c1ccc(F)cc1F)C1CC1. The van der Waals surface area contributed by atoms with E-state index in [1.165, 1.54) is 22.7 Å². The summed E-state index contributed by atoms with van der Waals surface area (Å²) in [5.74, 6) is -2.01. The smallest absolute Gasteiger partial charge is 0.251 e. The van der Waals surface area contributed by atoms with Crippen LogP contribution in [-0.2, 0) is 14.6 Å². The molecular weight excluding hydrogens is 358 g/mol. The van der Waals surface area contributed by atoms with Crippen LogP contribution in [0, 0.1) is 17.6 Å².